The number of nitrogens with one attached hydrogen (secondary N) is 2. The lowest BCUT2D eigenvalue weighted by molar-refractivity contribution is -0.274. The Morgan fingerprint density at radius 1 is 1.17 bits per heavy atom. The Kier molecular flexibility index (Phi) is 6.50. The van der Waals surface area contributed by atoms with Crippen molar-refractivity contribution in [2.75, 3.05) is 0 Å². The van der Waals surface area contributed by atoms with E-state index in [0.717, 1.165) is 12.1 Å². The van der Waals surface area contributed by atoms with Crippen LogP contribution in [0.4, 0.5) is 31.1 Å². The van der Waals surface area contributed by atoms with Gasteiger partial charge in [-0.1, -0.05) is 18.7 Å². The summed E-state index contributed by atoms with van der Waals surface area (Å²) < 4.78 is 76.1. The number of allylic oxidation sites excluding steroid dienone is 1. The molecule has 134 valence electrons. The van der Waals surface area contributed by atoms with E-state index in [1.165, 1.54) is 12.1 Å². The second kappa shape index (κ2) is 7.93. The van der Waals surface area contributed by atoms with Gasteiger partial charge in [-0.2, -0.15) is 13.2 Å². The van der Waals surface area contributed by atoms with Crippen molar-refractivity contribution in [3.05, 3.63) is 42.1 Å². The highest BCUT2D eigenvalue weighted by molar-refractivity contribution is 5.75. The van der Waals surface area contributed by atoms with Gasteiger partial charge in [0.05, 0.1) is 0 Å². The van der Waals surface area contributed by atoms with Crippen LogP contribution in [0, 0.1) is 0 Å². The summed E-state index contributed by atoms with van der Waals surface area (Å²) in [5.41, 5.74) is 0.187. The number of amides is 2. The third-order valence-electron chi connectivity index (χ3n) is 2.59. The number of carbonyl (C=O) groups excluding carboxylic acids is 1. The van der Waals surface area contributed by atoms with Crippen LogP contribution < -0.4 is 15.4 Å². The number of ether oxygens (including phenoxy) is 1. The van der Waals surface area contributed by atoms with Crippen LogP contribution in [0.15, 0.2) is 36.5 Å². The zero-order valence-corrected chi connectivity index (χ0v) is 12.2. The average Bonchev–Trinajstić information content (AvgIpc) is 2.41. The molecule has 0 aromatic heterocycles. The number of carbonyl (C=O) groups is 1. The lowest BCUT2D eigenvalue weighted by Gasteiger charge is -2.12. The standard InChI is InChI=1S/C14H14F6N2O2/c1-9(5-6-13(15,16)17)22-12(23)21-8-10-3-2-4-11(7-10)24-14(18,19)20/h2-4,7H,1,5-6,8H2,(H2,21,22,23). The predicted octanol–water partition coefficient (Wildman–Crippen LogP) is 4.24. The molecule has 0 saturated carbocycles. The topological polar surface area (TPSA) is 50.4 Å². The molecule has 2 amide bonds. The van der Waals surface area contributed by atoms with Crippen molar-refractivity contribution in [2.45, 2.75) is 31.9 Å². The summed E-state index contributed by atoms with van der Waals surface area (Å²) in [6.45, 7) is 3.14. The number of urea groups is 1. The first kappa shape index (κ1) is 19.7. The van der Waals surface area contributed by atoms with Gasteiger partial charge in [0.1, 0.15) is 5.75 Å². The van der Waals surface area contributed by atoms with Crippen LogP contribution in [0.5, 0.6) is 5.75 Å². The lowest BCUT2D eigenvalue weighted by atomic mass is 10.2. The first-order valence-electron chi connectivity index (χ1n) is 6.59. The highest BCUT2D eigenvalue weighted by atomic mass is 19.4. The SMILES string of the molecule is C=C(CCC(F)(F)F)NC(=O)NCc1cccc(OC(F)(F)F)c1. The van der Waals surface area contributed by atoms with Gasteiger partial charge in [0.25, 0.3) is 0 Å². The largest absolute Gasteiger partial charge is 0.573 e. The second-order valence-corrected chi connectivity index (χ2v) is 4.72. The van der Waals surface area contributed by atoms with Gasteiger partial charge in [0.2, 0.25) is 0 Å². The molecule has 1 aromatic rings. The molecule has 0 unspecified atom stereocenters. The average molecular weight is 356 g/mol. The summed E-state index contributed by atoms with van der Waals surface area (Å²) in [5, 5.41) is 4.41. The fourth-order valence-corrected chi connectivity index (χ4v) is 1.59. The summed E-state index contributed by atoms with van der Waals surface area (Å²) >= 11 is 0. The zero-order chi connectivity index (χ0) is 18.4. The molecule has 0 aliphatic heterocycles. The molecule has 0 aliphatic carbocycles. The minimum absolute atomic E-state index is 0.126. The summed E-state index contributed by atoms with van der Waals surface area (Å²) in [5.74, 6) is -0.447. The summed E-state index contributed by atoms with van der Waals surface area (Å²) in [6.07, 6.45) is -10.8. The number of alkyl halides is 6. The van der Waals surface area contributed by atoms with E-state index in [9.17, 15) is 31.1 Å². The Bertz CT molecular complexity index is 583. The van der Waals surface area contributed by atoms with Crippen LogP contribution in [-0.2, 0) is 6.54 Å². The number of hydrogen-bond donors (Lipinski definition) is 2. The third kappa shape index (κ3) is 8.91. The third-order valence-corrected chi connectivity index (χ3v) is 2.59. The van der Waals surface area contributed by atoms with Crippen molar-refractivity contribution < 1.29 is 35.9 Å². The maximum atomic E-state index is 12.1. The monoisotopic (exact) mass is 356 g/mol. The first-order valence-corrected chi connectivity index (χ1v) is 6.59. The van der Waals surface area contributed by atoms with E-state index in [1.54, 1.807) is 0 Å². The predicted molar refractivity (Wildman–Crippen MR) is 72.9 cm³/mol. The van der Waals surface area contributed by atoms with E-state index in [-0.39, 0.29) is 12.2 Å². The molecule has 1 rings (SSSR count). The van der Waals surface area contributed by atoms with E-state index in [1.807, 2.05) is 0 Å². The van der Waals surface area contributed by atoms with Crippen LogP contribution in [0.3, 0.4) is 0 Å². The van der Waals surface area contributed by atoms with Crippen LogP contribution in [0.1, 0.15) is 18.4 Å². The Morgan fingerprint density at radius 2 is 1.83 bits per heavy atom. The highest BCUT2D eigenvalue weighted by Crippen LogP contribution is 2.24. The van der Waals surface area contributed by atoms with E-state index in [0.29, 0.717) is 5.56 Å². The summed E-state index contributed by atoms with van der Waals surface area (Å²) in [6, 6.07) is 4.10. The minimum atomic E-state index is -4.83. The number of hydrogen-bond acceptors (Lipinski definition) is 2. The smallest absolute Gasteiger partial charge is 0.406 e. The molecular weight excluding hydrogens is 342 g/mol. The van der Waals surface area contributed by atoms with Gasteiger partial charge in [-0.25, -0.2) is 4.79 Å². The maximum absolute atomic E-state index is 12.1. The minimum Gasteiger partial charge on any atom is -0.406 e. The molecule has 10 heteroatoms. The van der Waals surface area contributed by atoms with Gasteiger partial charge in [0.15, 0.2) is 0 Å². The van der Waals surface area contributed by atoms with E-state index < -0.39 is 37.2 Å². The molecule has 0 heterocycles. The molecule has 0 fully saturated rings. The van der Waals surface area contributed by atoms with E-state index >= 15 is 0 Å². The molecule has 0 saturated heterocycles. The summed E-state index contributed by atoms with van der Waals surface area (Å²) in [7, 11) is 0. The molecule has 24 heavy (non-hydrogen) atoms. The second-order valence-electron chi connectivity index (χ2n) is 4.72. The van der Waals surface area contributed by atoms with Crippen molar-refractivity contribution in [3.8, 4) is 5.75 Å². The van der Waals surface area contributed by atoms with Crippen LogP contribution in [-0.4, -0.2) is 18.6 Å². The van der Waals surface area contributed by atoms with Gasteiger partial charge in [0, 0.05) is 18.7 Å². The Hall–Kier alpha value is -2.39. The van der Waals surface area contributed by atoms with Crippen LogP contribution >= 0.6 is 0 Å². The molecular formula is C14H14F6N2O2. The zero-order valence-electron chi connectivity index (χ0n) is 12.2. The Morgan fingerprint density at radius 3 is 2.42 bits per heavy atom. The fourth-order valence-electron chi connectivity index (χ4n) is 1.59. The Balaban J connectivity index is 2.44. The van der Waals surface area contributed by atoms with Gasteiger partial charge in [-0.15, -0.1) is 13.2 Å². The lowest BCUT2D eigenvalue weighted by Crippen LogP contribution is -2.34. The van der Waals surface area contributed by atoms with Crippen molar-refractivity contribution in [1.29, 1.82) is 0 Å². The number of halogens is 6. The molecule has 0 atom stereocenters. The quantitative estimate of drug-likeness (QED) is 0.749. The highest BCUT2D eigenvalue weighted by Gasteiger charge is 2.31. The number of benzene rings is 1. The van der Waals surface area contributed by atoms with Crippen molar-refractivity contribution in [1.82, 2.24) is 10.6 Å². The van der Waals surface area contributed by atoms with E-state index in [2.05, 4.69) is 21.9 Å². The van der Waals surface area contributed by atoms with E-state index in [4.69, 9.17) is 0 Å². The maximum Gasteiger partial charge on any atom is 0.573 e. The fraction of sp³-hybridized carbons (Fsp3) is 0.357. The van der Waals surface area contributed by atoms with Gasteiger partial charge in [-0.3, -0.25) is 0 Å². The number of rotatable bonds is 6. The molecule has 0 aliphatic rings. The van der Waals surface area contributed by atoms with Gasteiger partial charge in [-0.05, 0) is 24.1 Å². The molecule has 0 radical (unpaired) electrons. The first-order chi connectivity index (χ1) is 10.9. The Labute approximate surface area is 133 Å². The molecule has 0 bridgehead atoms. The van der Waals surface area contributed by atoms with Crippen LogP contribution in [0.25, 0.3) is 0 Å². The van der Waals surface area contributed by atoms with Crippen molar-refractivity contribution >= 4 is 6.03 Å². The van der Waals surface area contributed by atoms with Crippen molar-refractivity contribution in [2.24, 2.45) is 0 Å². The molecule has 4 nitrogen and oxygen atoms in total. The summed E-state index contributed by atoms with van der Waals surface area (Å²) in [4.78, 5) is 11.5. The van der Waals surface area contributed by atoms with Gasteiger partial charge >= 0.3 is 18.6 Å². The van der Waals surface area contributed by atoms with Crippen molar-refractivity contribution in [3.63, 3.8) is 0 Å². The molecule has 0 spiro atoms. The molecule has 1 aromatic carbocycles. The van der Waals surface area contributed by atoms with Gasteiger partial charge < -0.3 is 15.4 Å². The van der Waals surface area contributed by atoms with Crippen LogP contribution in [0.2, 0.25) is 0 Å². The molecule has 2 N–H and O–H groups in total. The normalized spacial score (nSPS) is 11.8.